The fourth-order valence-electron chi connectivity index (χ4n) is 2.38. The Morgan fingerprint density at radius 3 is 2.88 bits per heavy atom. The van der Waals surface area contributed by atoms with Crippen molar-refractivity contribution in [3.8, 4) is 5.95 Å². The Balaban J connectivity index is 1.86. The average Bonchev–Trinajstić information content (AvgIpc) is 3.14. The molecule has 3 aromatic rings. The van der Waals surface area contributed by atoms with Crippen LogP contribution in [0.15, 0.2) is 40.5 Å². The number of para-hydroxylation sites is 1. The number of rotatable bonds is 7. The van der Waals surface area contributed by atoms with Gasteiger partial charge in [-0.2, -0.15) is 10.1 Å². The van der Waals surface area contributed by atoms with Crippen LogP contribution in [-0.2, 0) is 4.79 Å². The van der Waals surface area contributed by atoms with Gasteiger partial charge in [-0.25, -0.2) is 14.6 Å². The molecule has 0 saturated heterocycles. The van der Waals surface area contributed by atoms with Gasteiger partial charge >= 0.3 is 0 Å². The molecule has 1 aromatic carbocycles. The van der Waals surface area contributed by atoms with Crippen LogP contribution in [0.3, 0.4) is 0 Å². The first-order valence-corrected chi connectivity index (χ1v) is 9.32. The molecule has 2 aromatic heterocycles. The fourth-order valence-corrected chi connectivity index (χ4v) is 3.21. The summed E-state index contributed by atoms with van der Waals surface area (Å²) in [4.78, 5) is 33.5. The van der Waals surface area contributed by atoms with Gasteiger partial charge in [-0.1, -0.05) is 37.7 Å². The maximum absolute atomic E-state index is 12.9. The monoisotopic (exact) mass is 372 g/mol. The Bertz CT molecular complexity index is 952. The lowest BCUT2D eigenvalue weighted by molar-refractivity contribution is -0.118. The van der Waals surface area contributed by atoms with Gasteiger partial charge in [-0.3, -0.25) is 9.59 Å². The lowest BCUT2D eigenvalue weighted by Gasteiger charge is -2.11. The van der Waals surface area contributed by atoms with Crippen molar-refractivity contribution in [2.45, 2.75) is 25.4 Å². The molecule has 0 aliphatic heterocycles. The number of carbonyl (C=O) groups excluding carboxylic acids is 1. The van der Waals surface area contributed by atoms with E-state index >= 15 is 0 Å². The summed E-state index contributed by atoms with van der Waals surface area (Å²) in [5.41, 5.74) is 0.325. The molecule has 0 bridgehead atoms. The van der Waals surface area contributed by atoms with E-state index in [2.05, 4.69) is 39.3 Å². The molecule has 0 saturated carbocycles. The lowest BCUT2D eigenvalue weighted by atomic mass is 10.1. The lowest BCUT2D eigenvalue weighted by Crippen LogP contribution is -2.28. The minimum absolute atomic E-state index is 0.0952. The predicted molar refractivity (Wildman–Crippen MR) is 100 cm³/mol. The number of benzene rings is 1. The molecule has 8 nitrogen and oxygen atoms in total. The SMILES string of the molecule is CC(C)CCNC(=O)CSc1nc2ccccc2c(=O)n1-c1ncn[nH]1. The molecule has 0 aliphatic rings. The summed E-state index contributed by atoms with van der Waals surface area (Å²) in [5, 5.41) is 10.2. The summed E-state index contributed by atoms with van der Waals surface area (Å²) in [6, 6.07) is 7.09. The van der Waals surface area contributed by atoms with E-state index in [0.717, 1.165) is 6.42 Å². The van der Waals surface area contributed by atoms with Crippen LogP contribution < -0.4 is 10.9 Å². The second kappa shape index (κ2) is 8.13. The normalized spacial score (nSPS) is 11.2. The van der Waals surface area contributed by atoms with E-state index in [-0.39, 0.29) is 23.2 Å². The molecule has 136 valence electrons. The van der Waals surface area contributed by atoms with Crippen LogP contribution in [0.4, 0.5) is 0 Å². The third-order valence-corrected chi connectivity index (χ3v) is 4.67. The van der Waals surface area contributed by atoms with Crippen LogP contribution in [-0.4, -0.2) is 42.9 Å². The minimum atomic E-state index is -0.255. The van der Waals surface area contributed by atoms with E-state index in [1.165, 1.54) is 22.7 Å². The summed E-state index contributed by atoms with van der Waals surface area (Å²) in [6.45, 7) is 4.85. The van der Waals surface area contributed by atoms with Crippen LogP contribution in [0.2, 0.25) is 0 Å². The van der Waals surface area contributed by atoms with Gasteiger partial charge in [0.1, 0.15) is 6.33 Å². The molecule has 0 aliphatic carbocycles. The fraction of sp³-hybridized carbons (Fsp3) is 0.353. The number of H-pyrrole nitrogens is 1. The third kappa shape index (κ3) is 4.10. The maximum Gasteiger partial charge on any atom is 0.269 e. The van der Waals surface area contributed by atoms with Gasteiger partial charge in [0.05, 0.1) is 16.7 Å². The number of aromatic amines is 1. The molecule has 26 heavy (non-hydrogen) atoms. The maximum atomic E-state index is 12.9. The van der Waals surface area contributed by atoms with Crippen molar-refractivity contribution in [2.75, 3.05) is 12.3 Å². The zero-order valence-corrected chi connectivity index (χ0v) is 15.4. The first kappa shape index (κ1) is 18.1. The second-order valence-electron chi connectivity index (χ2n) is 6.18. The molecule has 0 spiro atoms. The minimum Gasteiger partial charge on any atom is -0.355 e. The van der Waals surface area contributed by atoms with Crippen LogP contribution in [0.1, 0.15) is 20.3 Å². The van der Waals surface area contributed by atoms with Gasteiger partial charge in [0.25, 0.3) is 5.56 Å². The van der Waals surface area contributed by atoms with Gasteiger partial charge in [-0.15, -0.1) is 0 Å². The Morgan fingerprint density at radius 1 is 1.35 bits per heavy atom. The number of hydrogen-bond donors (Lipinski definition) is 2. The second-order valence-corrected chi connectivity index (χ2v) is 7.12. The number of nitrogens with one attached hydrogen (secondary N) is 2. The van der Waals surface area contributed by atoms with Crippen molar-refractivity contribution in [3.05, 3.63) is 40.9 Å². The van der Waals surface area contributed by atoms with Crippen molar-refractivity contribution in [1.82, 2.24) is 30.0 Å². The molecular formula is C17H20N6O2S. The molecule has 2 heterocycles. The molecule has 1 amide bonds. The standard InChI is InChI=1S/C17H20N6O2S/c1-11(2)7-8-18-14(24)9-26-17-21-13-6-4-3-5-12(13)15(25)23(17)16-19-10-20-22-16/h3-6,10-11H,7-9H2,1-2H3,(H,18,24)(H,19,20,22). The Kier molecular flexibility index (Phi) is 5.67. The molecule has 0 unspecified atom stereocenters. The van der Waals surface area contributed by atoms with Crippen molar-refractivity contribution in [1.29, 1.82) is 0 Å². The van der Waals surface area contributed by atoms with Gasteiger partial charge in [-0.05, 0) is 24.5 Å². The quantitative estimate of drug-likeness (QED) is 0.484. The van der Waals surface area contributed by atoms with Crippen molar-refractivity contribution in [3.63, 3.8) is 0 Å². The van der Waals surface area contributed by atoms with Crippen LogP contribution in [0.25, 0.3) is 16.9 Å². The zero-order valence-electron chi connectivity index (χ0n) is 14.6. The molecule has 2 N–H and O–H groups in total. The number of amides is 1. The molecule has 0 atom stereocenters. The Morgan fingerprint density at radius 2 is 2.15 bits per heavy atom. The van der Waals surface area contributed by atoms with Crippen molar-refractivity contribution >= 4 is 28.6 Å². The highest BCUT2D eigenvalue weighted by atomic mass is 32.2. The zero-order chi connectivity index (χ0) is 18.5. The van der Waals surface area contributed by atoms with Crippen LogP contribution in [0.5, 0.6) is 0 Å². The van der Waals surface area contributed by atoms with E-state index in [0.29, 0.717) is 28.5 Å². The number of thioether (sulfide) groups is 1. The third-order valence-electron chi connectivity index (χ3n) is 3.74. The summed E-state index contributed by atoms with van der Waals surface area (Å²) < 4.78 is 1.35. The highest BCUT2D eigenvalue weighted by Gasteiger charge is 2.16. The van der Waals surface area contributed by atoms with Gasteiger partial charge in [0, 0.05) is 6.54 Å². The summed E-state index contributed by atoms with van der Waals surface area (Å²) in [7, 11) is 0. The van der Waals surface area contributed by atoms with Crippen molar-refractivity contribution < 1.29 is 4.79 Å². The number of carbonyl (C=O) groups is 1. The van der Waals surface area contributed by atoms with E-state index in [1.807, 2.05) is 6.07 Å². The van der Waals surface area contributed by atoms with Crippen LogP contribution >= 0.6 is 11.8 Å². The molecule has 0 fully saturated rings. The molecular weight excluding hydrogens is 352 g/mol. The van der Waals surface area contributed by atoms with E-state index in [4.69, 9.17) is 0 Å². The topological polar surface area (TPSA) is 106 Å². The number of hydrogen-bond acceptors (Lipinski definition) is 6. The van der Waals surface area contributed by atoms with Crippen LogP contribution in [0, 0.1) is 5.92 Å². The summed E-state index contributed by atoms with van der Waals surface area (Å²) >= 11 is 1.19. The number of fused-ring (bicyclic) bond motifs is 1. The van der Waals surface area contributed by atoms with Gasteiger partial charge < -0.3 is 5.32 Å². The first-order chi connectivity index (χ1) is 12.6. The smallest absolute Gasteiger partial charge is 0.269 e. The van der Waals surface area contributed by atoms with E-state index < -0.39 is 0 Å². The highest BCUT2D eigenvalue weighted by Crippen LogP contribution is 2.19. The number of nitrogens with zero attached hydrogens (tertiary/aromatic N) is 4. The van der Waals surface area contributed by atoms with E-state index in [9.17, 15) is 9.59 Å². The molecule has 0 radical (unpaired) electrons. The van der Waals surface area contributed by atoms with Gasteiger partial charge in [0.15, 0.2) is 5.16 Å². The average molecular weight is 372 g/mol. The summed E-state index contributed by atoms with van der Waals surface area (Å²) in [6.07, 6.45) is 2.25. The number of aromatic nitrogens is 5. The van der Waals surface area contributed by atoms with Crippen molar-refractivity contribution in [2.24, 2.45) is 5.92 Å². The first-order valence-electron chi connectivity index (χ1n) is 8.33. The Hall–Kier alpha value is -2.68. The highest BCUT2D eigenvalue weighted by molar-refractivity contribution is 7.99. The summed E-state index contributed by atoms with van der Waals surface area (Å²) in [5.74, 6) is 0.872. The molecule has 3 rings (SSSR count). The predicted octanol–water partition coefficient (Wildman–Crippen LogP) is 1.76. The Labute approximate surface area is 154 Å². The van der Waals surface area contributed by atoms with Gasteiger partial charge in [0.2, 0.25) is 11.9 Å². The molecule has 9 heteroatoms. The largest absolute Gasteiger partial charge is 0.355 e. The van der Waals surface area contributed by atoms with E-state index in [1.54, 1.807) is 18.2 Å².